The van der Waals surface area contributed by atoms with E-state index in [-0.39, 0.29) is 12.0 Å². The Hall–Kier alpha value is -2.40. The number of aromatic nitrogens is 1. The van der Waals surface area contributed by atoms with Gasteiger partial charge in [-0.15, -0.1) is 0 Å². The van der Waals surface area contributed by atoms with Crippen LogP contribution >= 0.6 is 0 Å². The monoisotopic (exact) mass is 325 g/mol. The summed E-state index contributed by atoms with van der Waals surface area (Å²) in [5.74, 6) is 0.800. The number of anilines is 2. The lowest BCUT2D eigenvalue weighted by Crippen LogP contribution is -2.19. The number of hydrogen-bond donors (Lipinski definition) is 2. The van der Waals surface area contributed by atoms with Crippen LogP contribution in [0.15, 0.2) is 48.7 Å². The molecule has 2 N–H and O–H groups in total. The topological polar surface area (TPSA) is 63.2 Å². The summed E-state index contributed by atoms with van der Waals surface area (Å²) in [7, 11) is 0. The van der Waals surface area contributed by atoms with E-state index in [4.69, 9.17) is 4.74 Å². The summed E-state index contributed by atoms with van der Waals surface area (Å²) in [5, 5.41) is 6.15. The van der Waals surface area contributed by atoms with Gasteiger partial charge in [-0.1, -0.05) is 30.3 Å². The molecule has 1 aliphatic rings. The van der Waals surface area contributed by atoms with Crippen LogP contribution in [0.4, 0.5) is 11.5 Å². The lowest BCUT2D eigenvalue weighted by atomic mass is 10.1. The predicted octanol–water partition coefficient (Wildman–Crippen LogP) is 3.24. The minimum atomic E-state index is 0.000665. The van der Waals surface area contributed by atoms with Crippen LogP contribution in [-0.2, 0) is 16.0 Å². The first-order valence-electron chi connectivity index (χ1n) is 8.45. The Balaban J connectivity index is 1.42. The van der Waals surface area contributed by atoms with Crippen LogP contribution in [0.5, 0.6) is 0 Å². The Labute approximate surface area is 142 Å². The van der Waals surface area contributed by atoms with Gasteiger partial charge in [0.2, 0.25) is 5.91 Å². The number of ether oxygens (including phenoxy) is 1. The molecule has 24 heavy (non-hydrogen) atoms. The van der Waals surface area contributed by atoms with Crippen LogP contribution in [-0.4, -0.2) is 30.1 Å². The molecule has 5 heteroatoms. The first-order valence-corrected chi connectivity index (χ1v) is 8.45. The molecule has 1 saturated heterocycles. The molecule has 2 aromatic rings. The Morgan fingerprint density at radius 3 is 2.79 bits per heavy atom. The number of aryl methyl sites for hydroxylation is 1. The summed E-state index contributed by atoms with van der Waals surface area (Å²) in [6.45, 7) is 1.63. The third-order valence-corrected chi connectivity index (χ3v) is 4.07. The fraction of sp³-hybridized carbons (Fsp3) is 0.368. The number of nitrogens with zero attached hydrogens (tertiary/aromatic N) is 1. The summed E-state index contributed by atoms with van der Waals surface area (Å²) in [6.07, 6.45) is 5.39. The molecule has 0 aliphatic carbocycles. The molecule has 0 saturated carbocycles. The second-order valence-electron chi connectivity index (χ2n) is 5.98. The summed E-state index contributed by atoms with van der Waals surface area (Å²) in [6, 6.07) is 13.8. The fourth-order valence-corrected chi connectivity index (χ4v) is 2.72. The zero-order chi connectivity index (χ0) is 16.6. The van der Waals surface area contributed by atoms with Gasteiger partial charge in [0.05, 0.1) is 18.0 Å². The highest BCUT2D eigenvalue weighted by Gasteiger charge is 2.14. The highest BCUT2D eigenvalue weighted by atomic mass is 16.5. The zero-order valence-electron chi connectivity index (χ0n) is 13.7. The van der Waals surface area contributed by atoms with E-state index in [0.29, 0.717) is 6.42 Å². The third-order valence-electron chi connectivity index (χ3n) is 4.07. The van der Waals surface area contributed by atoms with Crippen molar-refractivity contribution < 1.29 is 9.53 Å². The van der Waals surface area contributed by atoms with E-state index in [2.05, 4.69) is 15.6 Å². The van der Waals surface area contributed by atoms with Crippen LogP contribution in [0.2, 0.25) is 0 Å². The average Bonchev–Trinajstić information content (AvgIpc) is 3.14. The Kier molecular flexibility index (Phi) is 5.80. The number of hydrogen-bond acceptors (Lipinski definition) is 4. The number of rotatable bonds is 7. The first kappa shape index (κ1) is 16.5. The minimum absolute atomic E-state index is 0.000665. The molecule has 1 aromatic carbocycles. The van der Waals surface area contributed by atoms with Gasteiger partial charge in [0.1, 0.15) is 5.82 Å². The van der Waals surface area contributed by atoms with E-state index in [1.165, 1.54) is 5.56 Å². The maximum Gasteiger partial charge on any atom is 0.224 e. The normalized spacial score (nSPS) is 16.8. The first-order chi connectivity index (χ1) is 11.8. The van der Waals surface area contributed by atoms with Crippen molar-refractivity contribution in [1.29, 1.82) is 0 Å². The minimum Gasteiger partial charge on any atom is -0.376 e. The smallest absolute Gasteiger partial charge is 0.224 e. The quantitative estimate of drug-likeness (QED) is 0.820. The van der Waals surface area contributed by atoms with E-state index in [1.54, 1.807) is 6.20 Å². The molecule has 1 amide bonds. The number of amides is 1. The second-order valence-corrected chi connectivity index (χ2v) is 5.98. The van der Waals surface area contributed by atoms with E-state index >= 15 is 0 Å². The van der Waals surface area contributed by atoms with Crippen molar-refractivity contribution in [2.75, 3.05) is 23.8 Å². The number of nitrogens with one attached hydrogen (secondary N) is 2. The van der Waals surface area contributed by atoms with Crippen molar-refractivity contribution in [2.24, 2.45) is 0 Å². The van der Waals surface area contributed by atoms with Gasteiger partial charge < -0.3 is 15.4 Å². The van der Waals surface area contributed by atoms with Gasteiger partial charge >= 0.3 is 0 Å². The van der Waals surface area contributed by atoms with Gasteiger partial charge in [-0.3, -0.25) is 4.79 Å². The molecule has 3 rings (SSSR count). The molecule has 1 fully saturated rings. The van der Waals surface area contributed by atoms with Crippen molar-refractivity contribution in [3.63, 3.8) is 0 Å². The number of carbonyl (C=O) groups excluding carboxylic acids is 1. The highest BCUT2D eigenvalue weighted by molar-refractivity contribution is 5.90. The molecule has 1 aliphatic heterocycles. The van der Waals surface area contributed by atoms with E-state index in [9.17, 15) is 4.79 Å². The summed E-state index contributed by atoms with van der Waals surface area (Å²) >= 11 is 0. The average molecular weight is 325 g/mol. The number of pyridine rings is 1. The van der Waals surface area contributed by atoms with Gasteiger partial charge in [0.25, 0.3) is 0 Å². The van der Waals surface area contributed by atoms with Crippen molar-refractivity contribution in [1.82, 2.24) is 4.98 Å². The van der Waals surface area contributed by atoms with Gasteiger partial charge in [0, 0.05) is 19.6 Å². The van der Waals surface area contributed by atoms with Gasteiger partial charge in [-0.25, -0.2) is 4.98 Å². The second kappa shape index (κ2) is 8.45. The van der Waals surface area contributed by atoms with Gasteiger partial charge in [0.15, 0.2) is 0 Å². The zero-order valence-corrected chi connectivity index (χ0v) is 13.7. The lowest BCUT2D eigenvalue weighted by molar-refractivity contribution is -0.116. The standard InChI is InChI=1S/C19H23N3O2/c23-19(11-8-15-5-2-1-3-6-15)22-16-9-10-18(20-13-16)21-14-17-7-4-12-24-17/h1-3,5-6,9-10,13,17H,4,7-8,11-12,14H2,(H,20,21)(H,22,23). The number of carbonyl (C=O) groups is 1. The molecule has 1 aromatic heterocycles. The van der Waals surface area contributed by atoms with E-state index in [1.807, 2.05) is 42.5 Å². The van der Waals surface area contributed by atoms with Crippen LogP contribution in [0, 0.1) is 0 Å². The molecule has 126 valence electrons. The van der Waals surface area contributed by atoms with Gasteiger partial charge in [-0.2, -0.15) is 0 Å². The maximum atomic E-state index is 12.0. The van der Waals surface area contributed by atoms with Crippen LogP contribution < -0.4 is 10.6 Å². The largest absolute Gasteiger partial charge is 0.376 e. The molecule has 1 unspecified atom stereocenters. The molecule has 0 radical (unpaired) electrons. The molecule has 2 heterocycles. The molecular formula is C19H23N3O2. The molecule has 0 bridgehead atoms. The molecule has 1 atom stereocenters. The number of benzene rings is 1. The Morgan fingerprint density at radius 1 is 1.21 bits per heavy atom. The van der Waals surface area contributed by atoms with Crippen molar-refractivity contribution >= 4 is 17.4 Å². The predicted molar refractivity (Wildman–Crippen MR) is 95.1 cm³/mol. The van der Waals surface area contributed by atoms with Crippen molar-refractivity contribution in [3.05, 3.63) is 54.2 Å². The van der Waals surface area contributed by atoms with Crippen molar-refractivity contribution in [3.8, 4) is 0 Å². The maximum absolute atomic E-state index is 12.0. The highest BCUT2D eigenvalue weighted by Crippen LogP contribution is 2.14. The van der Waals surface area contributed by atoms with Crippen LogP contribution in [0.1, 0.15) is 24.8 Å². The lowest BCUT2D eigenvalue weighted by Gasteiger charge is -2.11. The van der Waals surface area contributed by atoms with Crippen molar-refractivity contribution in [2.45, 2.75) is 31.8 Å². The molecule has 0 spiro atoms. The fourth-order valence-electron chi connectivity index (χ4n) is 2.72. The van der Waals surface area contributed by atoms with Crippen LogP contribution in [0.3, 0.4) is 0 Å². The summed E-state index contributed by atoms with van der Waals surface area (Å²) < 4.78 is 5.57. The van der Waals surface area contributed by atoms with E-state index in [0.717, 1.165) is 43.9 Å². The third kappa shape index (κ3) is 5.06. The summed E-state index contributed by atoms with van der Waals surface area (Å²) in [4.78, 5) is 16.3. The van der Waals surface area contributed by atoms with Crippen LogP contribution in [0.25, 0.3) is 0 Å². The molecular weight excluding hydrogens is 302 g/mol. The Morgan fingerprint density at radius 2 is 2.08 bits per heavy atom. The molecule has 5 nitrogen and oxygen atoms in total. The summed E-state index contributed by atoms with van der Waals surface area (Å²) in [5.41, 5.74) is 1.88. The SMILES string of the molecule is O=C(CCc1ccccc1)Nc1ccc(NCC2CCCO2)nc1. The Bertz CT molecular complexity index is 637. The van der Waals surface area contributed by atoms with E-state index < -0.39 is 0 Å². The van der Waals surface area contributed by atoms with Gasteiger partial charge in [-0.05, 0) is 37.0 Å².